The minimum atomic E-state index is -4.88. The van der Waals surface area contributed by atoms with Crippen molar-refractivity contribution in [2.24, 2.45) is 5.73 Å². The van der Waals surface area contributed by atoms with E-state index < -0.39 is 52.6 Å². The van der Waals surface area contributed by atoms with Gasteiger partial charge in [0.2, 0.25) is 0 Å². The van der Waals surface area contributed by atoms with Crippen molar-refractivity contribution in [1.29, 1.82) is 0 Å². The first-order chi connectivity index (χ1) is 21.5. The van der Waals surface area contributed by atoms with Crippen LogP contribution in [0.4, 0.5) is 22.0 Å². The second kappa shape index (κ2) is 12.0. The summed E-state index contributed by atoms with van der Waals surface area (Å²) < 4.78 is 79.3. The molecule has 7 nitrogen and oxygen atoms in total. The number of halogens is 5. The van der Waals surface area contributed by atoms with E-state index in [9.17, 15) is 31.5 Å². The lowest BCUT2D eigenvalue weighted by Gasteiger charge is -2.39. The first kappa shape index (κ1) is 30.9. The topological polar surface area (TPSA) is 82.5 Å². The quantitative estimate of drug-likeness (QED) is 0.290. The zero-order valence-corrected chi connectivity index (χ0v) is 24.2. The van der Waals surface area contributed by atoms with Gasteiger partial charge < -0.3 is 10.5 Å². The molecular formula is C33H31F5N4O3. The molecule has 6 rings (SSSR count). The molecule has 0 amide bonds. The predicted octanol–water partition coefficient (Wildman–Crippen LogP) is 5.08. The van der Waals surface area contributed by atoms with Crippen LogP contribution in [0.1, 0.15) is 52.4 Å². The number of nitrogens with zero attached hydrogens (tertiary/aromatic N) is 3. The molecule has 0 aliphatic carbocycles. The third-order valence-corrected chi connectivity index (χ3v) is 8.84. The van der Waals surface area contributed by atoms with Crippen LogP contribution < -0.4 is 17.0 Å². The summed E-state index contributed by atoms with van der Waals surface area (Å²) in [6.45, 7) is -0.0215. The summed E-state index contributed by atoms with van der Waals surface area (Å²) in [5.74, 6) is -1.45. The fourth-order valence-corrected chi connectivity index (χ4v) is 6.43. The number of aromatic nitrogens is 2. The molecule has 3 aromatic carbocycles. The van der Waals surface area contributed by atoms with E-state index in [1.54, 1.807) is 48.5 Å². The van der Waals surface area contributed by atoms with Crippen molar-refractivity contribution in [3.8, 4) is 0 Å². The minimum absolute atomic E-state index is 0.119. The van der Waals surface area contributed by atoms with E-state index in [0.717, 1.165) is 27.3 Å². The average Bonchev–Trinajstić information content (AvgIpc) is 3.38. The summed E-state index contributed by atoms with van der Waals surface area (Å²) in [5.41, 5.74) is 3.27. The van der Waals surface area contributed by atoms with Crippen molar-refractivity contribution in [1.82, 2.24) is 14.0 Å². The highest BCUT2D eigenvalue weighted by Gasteiger charge is 2.47. The van der Waals surface area contributed by atoms with Gasteiger partial charge in [-0.3, -0.25) is 18.8 Å². The molecule has 1 fully saturated rings. The van der Waals surface area contributed by atoms with Crippen LogP contribution in [0, 0.1) is 11.6 Å². The third kappa shape index (κ3) is 5.85. The number of piperidine rings is 1. The highest BCUT2D eigenvalue weighted by Crippen LogP contribution is 2.43. The highest BCUT2D eigenvalue weighted by atomic mass is 19.4. The Morgan fingerprint density at radius 1 is 0.844 bits per heavy atom. The first-order valence-electron chi connectivity index (χ1n) is 14.6. The molecule has 4 aromatic rings. The van der Waals surface area contributed by atoms with Crippen LogP contribution in [0.3, 0.4) is 0 Å². The number of hydrogen-bond donors (Lipinski definition) is 1. The largest absolute Gasteiger partial charge is 0.416 e. The van der Waals surface area contributed by atoms with E-state index >= 15 is 0 Å². The summed E-state index contributed by atoms with van der Waals surface area (Å²) in [6.07, 6.45) is -4.24. The molecule has 0 bridgehead atoms. The van der Waals surface area contributed by atoms with Crippen LogP contribution in [0.25, 0.3) is 0 Å². The maximum Gasteiger partial charge on any atom is 0.416 e. The monoisotopic (exact) mass is 626 g/mol. The van der Waals surface area contributed by atoms with Crippen LogP contribution in [0.15, 0.2) is 82.4 Å². The molecule has 1 atom stereocenters. The Morgan fingerprint density at radius 2 is 1.51 bits per heavy atom. The fraction of sp³-hybridized carbons (Fsp3) is 0.333. The number of rotatable bonds is 7. The molecule has 3 heterocycles. The van der Waals surface area contributed by atoms with Crippen LogP contribution in [0.5, 0.6) is 0 Å². The number of nitrogens with two attached hydrogens (primary N) is 1. The summed E-state index contributed by atoms with van der Waals surface area (Å²) in [7, 11) is 0. The molecule has 0 radical (unpaired) electrons. The second-order valence-corrected chi connectivity index (χ2v) is 11.5. The maximum atomic E-state index is 15.0. The predicted molar refractivity (Wildman–Crippen MR) is 156 cm³/mol. The maximum absolute atomic E-state index is 15.0. The fourth-order valence-electron chi connectivity index (χ4n) is 6.43. The zero-order chi connectivity index (χ0) is 31.9. The van der Waals surface area contributed by atoms with Gasteiger partial charge in [0.1, 0.15) is 17.2 Å². The van der Waals surface area contributed by atoms with E-state index in [2.05, 4.69) is 0 Å². The average molecular weight is 627 g/mol. The Morgan fingerprint density at radius 3 is 2.20 bits per heavy atom. The number of likely N-dealkylation sites (tertiary alicyclic amines) is 1. The first-order valence-corrected chi connectivity index (χ1v) is 14.6. The van der Waals surface area contributed by atoms with Crippen molar-refractivity contribution in [3.63, 3.8) is 0 Å². The standard InChI is InChI=1S/C33H31F5N4O3/c34-25-11-5-4-9-22(25)17-40-15-13-32(14-16-40)29-28(20-45-32)41(18-23-24(33(36,37)38)10-6-12-26(23)35)31(44)42(30(29)43)19-27(39)21-7-2-1-3-8-21/h1-12,27H,13-20,39H2/t27-/m0/s1. The van der Waals surface area contributed by atoms with E-state index in [-0.39, 0.29) is 30.2 Å². The lowest BCUT2D eigenvalue weighted by Crippen LogP contribution is -2.49. The molecule has 45 heavy (non-hydrogen) atoms. The molecule has 2 aliphatic rings. The molecule has 2 aliphatic heterocycles. The Kier molecular flexibility index (Phi) is 8.23. The van der Waals surface area contributed by atoms with E-state index in [1.165, 1.54) is 6.07 Å². The Hall–Kier alpha value is -4.13. The van der Waals surface area contributed by atoms with Crippen molar-refractivity contribution in [2.75, 3.05) is 13.1 Å². The summed E-state index contributed by atoms with van der Waals surface area (Å²) >= 11 is 0. The molecule has 12 heteroatoms. The number of hydrogen-bond acceptors (Lipinski definition) is 5. The molecule has 1 saturated heterocycles. The van der Waals surface area contributed by atoms with Gasteiger partial charge >= 0.3 is 11.9 Å². The van der Waals surface area contributed by atoms with Crippen molar-refractivity contribution < 1.29 is 26.7 Å². The molecule has 0 saturated carbocycles. The number of ether oxygens (including phenoxy) is 1. The van der Waals surface area contributed by atoms with Gasteiger partial charge in [0.15, 0.2) is 0 Å². The number of fused-ring (bicyclic) bond motifs is 2. The van der Waals surface area contributed by atoms with Gasteiger partial charge in [0.25, 0.3) is 5.56 Å². The molecule has 1 aromatic heterocycles. The van der Waals surface area contributed by atoms with Crippen molar-refractivity contribution in [3.05, 3.63) is 139 Å². The molecule has 2 N–H and O–H groups in total. The molecular weight excluding hydrogens is 595 g/mol. The molecule has 236 valence electrons. The lowest BCUT2D eigenvalue weighted by molar-refractivity contribution is -0.138. The SMILES string of the molecule is N[C@@H](Cn1c(=O)c2c(n(Cc3c(F)cccc3C(F)(F)F)c1=O)COC21CCN(Cc2ccccc2F)CC1)c1ccccc1. The summed E-state index contributed by atoms with van der Waals surface area (Å²) in [6, 6.07) is 17.1. The van der Waals surface area contributed by atoms with Gasteiger partial charge in [-0.15, -0.1) is 0 Å². The van der Waals surface area contributed by atoms with Crippen LogP contribution in [0.2, 0.25) is 0 Å². The Bertz CT molecular complexity index is 1830. The normalized spacial score (nSPS) is 17.0. The summed E-state index contributed by atoms with van der Waals surface area (Å²) in [4.78, 5) is 30.1. The molecule has 1 spiro atoms. The van der Waals surface area contributed by atoms with E-state index in [0.29, 0.717) is 43.6 Å². The van der Waals surface area contributed by atoms with Gasteiger partial charge in [-0.25, -0.2) is 13.6 Å². The smallest absolute Gasteiger partial charge is 0.364 e. The van der Waals surface area contributed by atoms with Gasteiger partial charge in [-0.2, -0.15) is 13.2 Å². The van der Waals surface area contributed by atoms with Gasteiger partial charge in [-0.05, 0) is 36.6 Å². The van der Waals surface area contributed by atoms with Gasteiger partial charge in [0, 0.05) is 36.8 Å². The lowest BCUT2D eigenvalue weighted by atomic mass is 9.85. The van der Waals surface area contributed by atoms with Crippen LogP contribution in [-0.4, -0.2) is 27.1 Å². The number of alkyl halides is 3. The minimum Gasteiger partial charge on any atom is -0.364 e. The third-order valence-electron chi connectivity index (χ3n) is 8.84. The second-order valence-electron chi connectivity index (χ2n) is 11.5. The van der Waals surface area contributed by atoms with Gasteiger partial charge in [0.05, 0.1) is 36.5 Å². The number of benzene rings is 3. The Labute approximate surface area is 255 Å². The van der Waals surface area contributed by atoms with Crippen LogP contribution >= 0.6 is 0 Å². The van der Waals surface area contributed by atoms with Crippen LogP contribution in [-0.2, 0) is 42.8 Å². The summed E-state index contributed by atoms with van der Waals surface area (Å²) in [5, 5.41) is 0. The van der Waals surface area contributed by atoms with Crippen molar-refractivity contribution in [2.45, 2.75) is 56.9 Å². The van der Waals surface area contributed by atoms with E-state index in [1.807, 2.05) is 4.90 Å². The van der Waals surface area contributed by atoms with Crippen molar-refractivity contribution >= 4 is 0 Å². The zero-order valence-electron chi connectivity index (χ0n) is 24.2. The van der Waals surface area contributed by atoms with E-state index in [4.69, 9.17) is 10.5 Å². The molecule has 0 unspecified atom stereocenters. The Balaban J connectivity index is 1.42. The highest BCUT2D eigenvalue weighted by molar-refractivity contribution is 5.35. The van der Waals surface area contributed by atoms with Gasteiger partial charge in [-0.1, -0.05) is 54.6 Å².